The molecular weight excluding hydrogens is 358 g/mol. The quantitative estimate of drug-likeness (QED) is 0.631. The molecule has 0 saturated heterocycles. The number of hydrogen-bond acceptors (Lipinski definition) is 5. The molecule has 1 heterocycles. The van der Waals surface area contributed by atoms with E-state index in [1.165, 1.54) is 13.4 Å². The van der Waals surface area contributed by atoms with E-state index in [0.29, 0.717) is 29.1 Å². The summed E-state index contributed by atoms with van der Waals surface area (Å²) in [7, 11) is 2.89. The number of nitrogens with one attached hydrogen (secondary N) is 1. The minimum Gasteiger partial charge on any atom is -0.471 e. The summed E-state index contributed by atoms with van der Waals surface area (Å²) in [5.41, 5.74) is 1.86. The molecule has 1 aliphatic heterocycles. The minimum absolute atomic E-state index is 0.0895. The molecule has 26 heavy (non-hydrogen) atoms. The number of halogens is 1. The topological polar surface area (TPSA) is 73.9 Å². The normalized spacial score (nSPS) is 24.0. The van der Waals surface area contributed by atoms with Gasteiger partial charge in [0.15, 0.2) is 0 Å². The summed E-state index contributed by atoms with van der Waals surface area (Å²) < 4.78 is 15.8. The van der Waals surface area contributed by atoms with Crippen LogP contribution in [0, 0.1) is 11.8 Å². The Morgan fingerprint density at radius 1 is 1.31 bits per heavy atom. The van der Waals surface area contributed by atoms with Gasteiger partial charge in [-0.1, -0.05) is 29.8 Å². The van der Waals surface area contributed by atoms with Crippen LogP contribution in [-0.4, -0.2) is 38.9 Å². The van der Waals surface area contributed by atoms with Crippen molar-refractivity contribution in [2.45, 2.75) is 12.7 Å². The number of rotatable bonds is 5. The van der Waals surface area contributed by atoms with Crippen LogP contribution >= 0.6 is 11.6 Å². The van der Waals surface area contributed by atoms with Crippen LogP contribution in [0.15, 0.2) is 47.7 Å². The third kappa shape index (κ3) is 3.48. The number of carbonyl (C=O) groups is 2. The molecule has 1 amide bonds. The summed E-state index contributed by atoms with van der Waals surface area (Å²) in [4.78, 5) is 24.4. The van der Waals surface area contributed by atoms with Crippen molar-refractivity contribution < 1.29 is 23.8 Å². The molecule has 3 rings (SSSR count). The van der Waals surface area contributed by atoms with Gasteiger partial charge in [-0.05, 0) is 24.1 Å². The number of methoxy groups -OCH3 is 2. The van der Waals surface area contributed by atoms with Crippen LogP contribution in [0.3, 0.4) is 0 Å². The van der Waals surface area contributed by atoms with Gasteiger partial charge in [-0.15, -0.1) is 0 Å². The van der Waals surface area contributed by atoms with E-state index in [-0.39, 0.29) is 17.7 Å². The maximum atomic E-state index is 12.4. The Balaban J connectivity index is 1.72. The van der Waals surface area contributed by atoms with Crippen molar-refractivity contribution >= 4 is 23.5 Å². The Hall–Kier alpha value is -2.31. The first-order chi connectivity index (χ1) is 12.6. The first-order valence-electron chi connectivity index (χ1n) is 8.25. The number of amides is 1. The smallest absolute Gasteiger partial charge is 0.337 e. The molecule has 0 radical (unpaired) electrons. The lowest BCUT2D eigenvalue weighted by Crippen LogP contribution is -2.38. The molecule has 138 valence electrons. The Labute approximate surface area is 156 Å². The van der Waals surface area contributed by atoms with E-state index in [1.54, 1.807) is 31.4 Å². The number of carbonyl (C=O) groups excluding carboxylic acids is 2. The summed E-state index contributed by atoms with van der Waals surface area (Å²) in [5, 5.41) is 3.28. The van der Waals surface area contributed by atoms with E-state index >= 15 is 0 Å². The van der Waals surface area contributed by atoms with Gasteiger partial charge in [-0.25, -0.2) is 4.79 Å². The van der Waals surface area contributed by atoms with Crippen molar-refractivity contribution in [2.75, 3.05) is 20.8 Å². The van der Waals surface area contributed by atoms with E-state index in [0.717, 1.165) is 5.57 Å². The number of benzene rings is 1. The largest absolute Gasteiger partial charge is 0.471 e. The Morgan fingerprint density at radius 3 is 2.77 bits per heavy atom. The maximum absolute atomic E-state index is 12.4. The molecule has 0 bridgehead atoms. The number of ether oxygens (including phenoxy) is 3. The molecule has 2 aliphatic rings. The van der Waals surface area contributed by atoms with Gasteiger partial charge in [0.25, 0.3) is 5.91 Å². The molecular formula is C19H20ClNO5. The highest BCUT2D eigenvalue weighted by atomic mass is 35.5. The van der Waals surface area contributed by atoms with Gasteiger partial charge in [0.1, 0.15) is 0 Å². The molecule has 6 nitrogen and oxygen atoms in total. The van der Waals surface area contributed by atoms with Crippen LogP contribution in [0.25, 0.3) is 0 Å². The second-order valence-corrected chi connectivity index (χ2v) is 6.52. The fraction of sp³-hybridized carbons (Fsp3) is 0.368. The van der Waals surface area contributed by atoms with Gasteiger partial charge in [-0.3, -0.25) is 4.79 Å². The maximum Gasteiger partial charge on any atom is 0.337 e. The third-order valence-electron chi connectivity index (χ3n) is 4.74. The molecule has 1 aromatic carbocycles. The number of fused-ring (bicyclic) bond motifs is 1. The molecule has 0 aromatic heterocycles. The van der Waals surface area contributed by atoms with Gasteiger partial charge in [0.05, 0.1) is 35.4 Å². The van der Waals surface area contributed by atoms with Crippen LogP contribution < -0.4 is 5.32 Å². The van der Waals surface area contributed by atoms with Crippen molar-refractivity contribution in [2.24, 2.45) is 11.8 Å². The predicted octanol–water partition coefficient (Wildman–Crippen LogP) is 2.69. The van der Waals surface area contributed by atoms with E-state index in [4.69, 9.17) is 25.8 Å². The lowest BCUT2D eigenvalue weighted by atomic mass is 9.83. The van der Waals surface area contributed by atoms with Crippen LogP contribution in [0.2, 0.25) is 5.02 Å². The van der Waals surface area contributed by atoms with Gasteiger partial charge in [0.2, 0.25) is 6.29 Å². The highest BCUT2D eigenvalue weighted by Crippen LogP contribution is 2.43. The third-order valence-corrected chi connectivity index (χ3v) is 5.07. The van der Waals surface area contributed by atoms with Crippen LogP contribution in [0.5, 0.6) is 0 Å². The minimum atomic E-state index is -0.514. The molecule has 1 aliphatic carbocycles. The molecule has 1 aromatic rings. The van der Waals surface area contributed by atoms with Crippen molar-refractivity contribution in [3.8, 4) is 0 Å². The lowest BCUT2D eigenvalue weighted by molar-refractivity contribution is -0.146. The zero-order chi connectivity index (χ0) is 18.7. The predicted molar refractivity (Wildman–Crippen MR) is 95.4 cm³/mol. The highest BCUT2D eigenvalue weighted by molar-refractivity contribution is 6.33. The second-order valence-electron chi connectivity index (χ2n) is 6.11. The van der Waals surface area contributed by atoms with Crippen LogP contribution in [-0.2, 0) is 19.0 Å². The fourth-order valence-corrected chi connectivity index (χ4v) is 3.67. The monoisotopic (exact) mass is 377 g/mol. The van der Waals surface area contributed by atoms with Crippen molar-refractivity contribution in [1.82, 2.24) is 5.32 Å². The molecule has 0 unspecified atom stereocenters. The van der Waals surface area contributed by atoms with E-state index in [1.807, 2.05) is 6.08 Å². The second kappa shape index (κ2) is 7.93. The average Bonchev–Trinajstić information content (AvgIpc) is 3.09. The Kier molecular flexibility index (Phi) is 5.64. The molecule has 0 fully saturated rings. The zero-order valence-electron chi connectivity index (χ0n) is 14.5. The molecule has 0 spiro atoms. The van der Waals surface area contributed by atoms with Crippen molar-refractivity contribution in [3.63, 3.8) is 0 Å². The number of esters is 1. The first-order valence-corrected chi connectivity index (χ1v) is 8.63. The lowest BCUT2D eigenvalue weighted by Gasteiger charge is -2.34. The molecule has 1 N–H and O–H groups in total. The van der Waals surface area contributed by atoms with Gasteiger partial charge in [-0.2, -0.15) is 0 Å². The van der Waals surface area contributed by atoms with E-state index in [9.17, 15) is 9.59 Å². The van der Waals surface area contributed by atoms with Crippen LogP contribution in [0.4, 0.5) is 0 Å². The molecule has 7 heteroatoms. The summed E-state index contributed by atoms with van der Waals surface area (Å²) in [6.07, 6.45) is 3.57. The van der Waals surface area contributed by atoms with Crippen molar-refractivity contribution in [1.29, 1.82) is 0 Å². The zero-order valence-corrected chi connectivity index (χ0v) is 15.3. The highest BCUT2D eigenvalue weighted by Gasteiger charge is 2.44. The fourth-order valence-electron chi connectivity index (χ4n) is 3.45. The number of hydrogen-bond donors (Lipinski definition) is 1. The average molecular weight is 378 g/mol. The summed E-state index contributed by atoms with van der Waals surface area (Å²) in [6.45, 7) is 0.322. The number of allylic oxidation sites excluding steroid dienone is 1. The molecule has 3 atom stereocenters. The summed E-state index contributed by atoms with van der Waals surface area (Å²) in [5.74, 6) is -0.919. The van der Waals surface area contributed by atoms with E-state index < -0.39 is 12.3 Å². The summed E-state index contributed by atoms with van der Waals surface area (Å²) >= 11 is 6.07. The SMILES string of the molecule is COC(=O)C1=CO[C@@H](OC)[C@@H]2C(CNC(=O)c3ccccc3Cl)=CC[C@H]12. The Bertz CT molecular complexity index is 773. The van der Waals surface area contributed by atoms with Gasteiger partial charge >= 0.3 is 5.97 Å². The van der Waals surface area contributed by atoms with Crippen LogP contribution in [0.1, 0.15) is 16.8 Å². The van der Waals surface area contributed by atoms with Gasteiger partial charge < -0.3 is 19.5 Å². The Morgan fingerprint density at radius 2 is 2.08 bits per heavy atom. The first kappa shape index (κ1) is 18.5. The molecule has 0 saturated carbocycles. The summed E-state index contributed by atoms with van der Waals surface area (Å²) in [6, 6.07) is 6.87. The van der Waals surface area contributed by atoms with Gasteiger partial charge in [0, 0.05) is 19.6 Å². The standard InChI is InChI=1S/C19H20ClNO5/c1-24-18(23)14-10-26-19(25-2)16-11(7-8-12(14)16)9-21-17(22)13-5-3-4-6-15(13)20/h3-7,10,12,16,19H,8-9H2,1-2H3,(H,21,22)/t12-,16-,19-/m1/s1. The van der Waals surface area contributed by atoms with Crippen molar-refractivity contribution in [3.05, 3.63) is 58.3 Å². The van der Waals surface area contributed by atoms with E-state index in [2.05, 4.69) is 5.32 Å².